The van der Waals surface area contributed by atoms with Crippen molar-refractivity contribution in [2.24, 2.45) is 0 Å². The standard InChI is InChI=1S/C46H53N4O15PS/c1-27(2)59-26-41(51)64-35-20-39(49-22-28(3)42(52)47-44(49)54)63-38(35)25-61-66(56,67)65-36-21-40(50-23-29(4)43(53)48-45(50)55)62-37(36)24-60-46(30-10-8-7-9-11-30,31-12-16-33(57-5)17-13-31)32-14-18-34(58-6)19-15-32/h7-19,22-23,27,35-40H,20-21,24-26H2,1-6H3,(H,56,67)(H,47,52,54)(H,48,53,55)/p-1/t35-,36-,37+,38+,39+,40+,66?/m0/s1. The molecule has 19 nitrogen and oxygen atoms in total. The minimum absolute atomic E-state index is 0.0493. The molecule has 0 spiro atoms. The molecule has 67 heavy (non-hydrogen) atoms. The zero-order valence-electron chi connectivity index (χ0n) is 37.6. The van der Waals surface area contributed by atoms with Gasteiger partial charge in [-0.2, -0.15) is 9.05 Å². The van der Waals surface area contributed by atoms with Crippen LogP contribution in [-0.2, 0) is 55.4 Å². The Bertz CT molecular complexity index is 2610. The third-order valence-electron chi connectivity index (χ3n) is 11.3. The van der Waals surface area contributed by atoms with Gasteiger partial charge in [0.1, 0.15) is 67.2 Å². The average Bonchev–Trinajstić information content (AvgIpc) is 3.90. The fourth-order valence-electron chi connectivity index (χ4n) is 7.92. The van der Waals surface area contributed by atoms with Crippen molar-refractivity contribution in [3.63, 3.8) is 0 Å². The summed E-state index contributed by atoms with van der Waals surface area (Å²) in [5, 5.41) is 12.1. The van der Waals surface area contributed by atoms with E-state index in [1.807, 2.05) is 78.9 Å². The summed E-state index contributed by atoms with van der Waals surface area (Å²) in [5.41, 5.74) is -0.862. The quantitative estimate of drug-likeness (QED) is 0.0515. The molecule has 0 aliphatic carbocycles. The van der Waals surface area contributed by atoms with Crippen LogP contribution >= 0.6 is 7.15 Å². The van der Waals surface area contributed by atoms with Crippen LogP contribution in [0, 0.1) is 13.8 Å². The molecule has 2 aromatic heterocycles. The molecule has 2 fully saturated rings. The molecule has 2 aliphatic rings. The van der Waals surface area contributed by atoms with Gasteiger partial charge < -0.3 is 50.5 Å². The number of aryl methyl sites for hydroxylation is 2. The smallest absolute Gasteiger partial charge is 0.349 e. The monoisotopic (exact) mass is 963 g/mol. The topological polar surface area (TPSA) is 233 Å². The van der Waals surface area contributed by atoms with Crippen LogP contribution < -0.4 is 31.5 Å². The molecule has 0 saturated carbocycles. The zero-order chi connectivity index (χ0) is 48.0. The second-order valence-corrected chi connectivity index (χ2v) is 19.0. The van der Waals surface area contributed by atoms with Crippen LogP contribution in [0.15, 0.2) is 106 Å². The van der Waals surface area contributed by atoms with Crippen molar-refractivity contribution in [3.05, 3.63) is 150 Å². The Labute approximate surface area is 391 Å². The highest BCUT2D eigenvalue weighted by Gasteiger charge is 2.48. The predicted molar refractivity (Wildman–Crippen MR) is 242 cm³/mol. The summed E-state index contributed by atoms with van der Waals surface area (Å²) >= 11 is 5.60. The third-order valence-corrected chi connectivity index (χ3v) is 12.9. The maximum absolute atomic E-state index is 13.2. The summed E-state index contributed by atoms with van der Waals surface area (Å²) in [4.78, 5) is 68.9. The van der Waals surface area contributed by atoms with Crippen molar-refractivity contribution in [1.29, 1.82) is 0 Å². The lowest BCUT2D eigenvalue weighted by Gasteiger charge is -2.37. The number of H-pyrrole nitrogens is 1. The number of esters is 1. The Hall–Kier alpha value is -5.41. The molecule has 4 heterocycles. The Balaban J connectivity index is 1.19. The van der Waals surface area contributed by atoms with Gasteiger partial charge >= 0.3 is 17.3 Å². The Morgan fingerprint density at radius 1 is 0.851 bits per heavy atom. The summed E-state index contributed by atoms with van der Waals surface area (Å²) in [6.45, 7) is 5.48. The first kappa shape index (κ1) is 49.5. The number of ether oxygens (including phenoxy) is 7. The summed E-state index contributed by atoms with van der Waals surface area (Å²) < 4.78 is 56.4. The van der Waals surface area contributed by atoms with Crippen molar-refractivity contribution in [2.45, 2.75) is 89.1 Å². The van der Waals surface area contributed by atoms with Crippen LogP contribution in [0.3, 0.4) is 0 Å². The molecule has 0 bridgehead atoms. The number of carbonyl (C=O) groups excluding carboxylic acids is 1. The highest BCUT2D eigenvalue weighted by Crippen LogP contribution is 2.58. The summed E-state index contributed by atoms with van der Waals surface area (Å²) in [6, 6.07) is 24.3. The molecule has 2 saturated heterocycles. The number of methoxy groups -OCH3 is 2. The van der Waals surface area contributed by atoms with E-state index in [-0.39, 0.29) is 43.3 Å². The number of hydrogen-bond donors (Lipinski definition) is 2. The molecule has 1 unspecified atom stereocenters. The van der Waals surface area contributed by atoms with Gasteiger partial charge in [-0.25, -0.2) is 24.3 Å². The number of rotatable bonds is 19. The number of benzene rings is 3. The minimum Gasteiger partial charge on any atom is -0.858 e. The van der Waals surface area contributed by atoms with Crippen molar-refractivity contribution in [2.75, 3.05) is 34.0 Å². The molecular formula is C46H52N4O15PS-. The number of nitrogens with zero attached hydrogens (tertiary/aromatic N) is 3. The van der Waals surface area contributed by atoms with Gasteiger partial charge in [0.05, 0.1) is 26.9 Å². The van der Waals surface area contributed by atoms with E-state index in [1.54, 1.807) is 35.0 Å². The van der Waals surface area contributed by atoms with E-state index in [1.165, 1.54) is 23.9 Å². The van der Waals surface area contributed by atoms with E-state index in [9.17, 15) is 29.2 Å². The molecule has 7 atom stereocenters. The Kier molecular flexibility index (Phi) is 15.7. The molecule has 358 valence electrons. The zero-order valence-corrected chi connectivity index (χ0v) is 39.3. The first-order chi connectivity index (χ1) is 32.0. The van der Waals surface area contributed by atoms with Crippen LogP contribution in [0.1, 0.15) is 67.0 Å². The van der Waals surface area contributed by atoms with Crippen molar-refractivity contribution in [1.82, 2.24) is 19.1 Å². The number of carbonyl (C=O) groups is 1. The summed E-state index contributed by atoms with van der Waals surface area (Å²) in [6.07, 6.45) is -4.02. The largest absolute Gasteiger partial charge is 0.858 e. The maximum atomic E-state index is 13.2. The maximum Gasteiger partial charge on any atom is 0.349 e. The van der Waals surface area contributed by atoms with Gasteiger partial charge in [0.2, 0.25) is 0 Å². The van der Waals surface area contributed by atoms with E-state index in [0.717, 1.165) is 21.3 Å². The number of nitrogens with one attached hydrogen (secondary N) is 1. The summed E-state index contributed by atoms with van der Waals surface area (Å²) in [7, 11) is -1.14. The molecule has 0 radical (unpaired) electrons. The second kappa shape index (κ2) is 21.3. The Morgan fingerprint density at radius 3 is 2.00 bits per heavy atom. The summed E-state index contributed by atoms with van der Waals surface area (Å²) in [5.74, 6) is -0.174. The highest BCUT2D eigenvalue weighted by atomic mass is 32.7. The lowest BCUT2D eigenvalue weighted by atomic mass is 9.80. The van der Waals surface area contributed by atoms with Crippen LogP contribution in [0.25, 0.3) is 0 Å². The molecule has 5 aromatic rings. The van der Waals surface area contributed by atoms with Gasteiger partial charge in [0, 0.05) is 30.8 Å². The van der Waals surface area contributed by atoms with Gasteiger partial charge in [-0.3, -0.25) is 18.9 Å². The first-order valence-electron chi connectivity index (χ1n) is 21.3. The van der Waals surface area contributed by atoms with E-state index < -0.39 is 85.0 Å². The van der Waals surface area contributed by atoms with Crippen molar-refractivity contribution < 1.29 is 57.0 Å². The normalized spacial score (nSPS) is 21.6. The molecule has 3 aromatic carbocycles. The van der Waals surface area contributed by atoms with Gasteiger partial charge in [0.25, 0.3) is 12.7 Å². The molecule has 21 heteroatoms. The van der Waals surface area contributed by atoms with Crippen LogP contribution in [0.4, 0.5) is 0 Å². The third kappa shape index (κ3) is 11.5. The van der Waals surface area contributed by atoms with E-state index in [4.69, 9.17) is 54.5 Å². The molecule has 2 N–H and O–H groups in total. The van der Waals surface area contributed by atoms with Gasteiger partial charge in [-0.1, -0.05) is 54.6 Å². The first-order valence-corrected chi connectivity index (χ1v) is 23.9. The predicted octanol–water partition coefficient (Wildman–Crippen LogP) is 4.04. The SMILES string of the molecule is COc1ccc(C(OC[C@H]2O[C@@H](n3cc(C)c(=O)[nH]c3=O)C[C@@H]2O[P+](O)([S-])OC[C@H]2O[C@@H](n3cc(C)c([O-])nc3=O)C[C@@H]2OC(=O)COC(C)C)(c2ccccc2)c2ccc(OC)cc2)cc1. The molecule has 7 rings (SSSR count). The molecule has 0 amide bonds. The second-order valence-electron chi connectivity index (χ2n) is 16.2. The number of aromatic nitrogens is 4. The average molecular weight is 964 g/mol. The lowest BCUT2D eigenvalue weighted by Crippen LogP contribution is -2.39. The van der Waals surface area contributed by atoms with Gasteiger partial charge in [0.15, 0.2) is 0 Å². The Morgan fingerprint density at radius 2 is 1.40 bits per heavy atom. The van der Waals surface area contributed by atoms with Gasteiger partial charge in [-0.05, 0) is 80.1 Å². The highest BCUT2D eigenvalue weighted by molar-refractivity contribution is 8.35. The number of aromatic amines is 1. The fraction of sp³-hybridized carbons (Fsp3) is 0.413. The van der Waals surface area contributed by atoms with Crippen molar-refractivity contribution >= 4 is 25.4 Å². The van der Waals surface area contributed by atoms with Crippen molar-refractivity contribution in [3.8, 4) is 17.4 Å². The number of hydrogen-bond acceptors (Lipinski definition) is 17. The van der Waals surface area contributed by atoms with Gasteiger partial charge in [-0.15, -0.1) is 0 Å². The van der Waals surface area contributed by atoms with E-state index in [2.05, 4.69) is 9.97 Å². The fourth-order valence-corrected chi connectivity index (χ4v) is 9.40. The lowest BCUT2D eigenvalue weighted by molar-refractivity contribution is -0.276. The van der Waals surface area contributed by atoms with Crippen LogP contribution in [-0.4, -0.2) is 94.5 Å². The molecule has 2 aliphatic heterocycles. The van der Waals surface area contributed by atoms with Crippen LogP contribution in [0.2, 0.25) is 0 Å². The van der Waals surface area contributed by atoms with E-state index in [0.29, 0.717) is 11.5 Å². The minimum atomic E-state index is -4.28. The molecular weight excluding hydrogens is 912 g/mol. The van der Waals surface area contributed by atoms with E-state index >= 15 is 0 Å². The van der Waals surface area contributed by atoms with Crippen LogP contribution in [0.5, 0.6) is 17.4 Å².